The third-order valence-corrected chi connectivity index (χ3v) is 2.45. The highest BCUT2D eigenvalue weighted by molar-refractivity contribution is 4.89. The Kier molecular flexibility index (Phi) is 4.93. The first-order valence-electron chi connectivity index (χ1n) is 6.11. The van der Waals surface area contributed by atoms with E-state index in [-0.39, 0.29) is 6.04 Å². The zero-order valence-corrected chi connectivity index (χ0v) is 10.8. The Morgan fingerprint density at radius 2 is 1.94 bits per heavy atom. The summed E-state index contributed by atoms with van der Waals surface area (Å²) >= 11 is 0. The van der Waals surface area contributed by atoms with Crippen LogP contribution >= 0.6 is 0 Å². The molecule has 4 nitrogen and oxygen atoms in total. The van der Waals surface area contributed by atoms with Crippen LogP contribution in [0.15, 0.2) is 6.33 Å². The van der Waals surface area contributed by atoms with Gasteiger partial charge in [-0.15, -0.1) is 0 Å². The molecule has 1 atom stereocenters. The van der Waals surface area contributed by atoms with Gasteiger partial charge in [0, 0.05) is 19.0 Å². The Balaban J connectivity index is 2.56. The highest BCUT2D eigenvalue weighted by Gasteiger charge is 2.12. The highest BCUT2D eigenvalue weighted by atomic mass is 15.3. The minimum Gasteiger partial charge on any atom is -0.327 e. The number of nitrogens with two attached hydrogens (primary N) is 1. The summed E-state index contributed by atoms with van der Waals surface area (Å²) in [7, 11) is 0. The average Bonchev–Trinajstić information content (AvgIpc) is 2.50. The Labute approximate surface area is 98.2 Å². The van der Waals surface area contributed by atoms with Crippen LogP contribution in [0.4, 0.5) is 0 Å². The fourth-order valence-corrected chi connectivity index (χ4v) is 1.87. The van der Waals surface area contributed by atoms with Gasteiger partial charge < -0.3 is 5.73 Å². The van der Waals surface area contributed by atoms with Gasteiger partial charge in [0.1, 0.15) is 12.2 Å². The van der Waals surface area contributed by atoms with Crippen LogP contribution in [0.3, 0.4) is 0 Å². The summed E-state index contributed by atoms with van der Waals surface area (Å²) in [5.41, 5.74) is 6.08. The van der Waals surface area contributed by atoms with E-state index in [1.807, 2.05) is 4.68 Å². The second-order valence-corrected chi connectivity index (χ2v) is 5.35. The van der Waals surface area contributed by atoms with E-state index < -0.39 is 0 Å². The summed E-state index contributed by atoms with van der Waals surface area (Å²) in [6.45, 7) is 9.67. The lowest BCUT2D eigenvalue weighted by Crippen LogP contribution is -2.27. The Bertz CT molecular complexity index is 304. The average molecular weight is 224 g/mol. The molecule has 1 unspecified atom stereocenters. The van der Waals surface area contributed by atoms with E-state index in [1.54, 1.807) is 6.33 Å². The van der Waals surface area contributed by atoms with Gasteiger partial charge in [0.05, 0.1) is 0 Å². The van der Waals surface area contributed by atoms with Crippen molar-refractivity contribution < 1.29 is 0 Å². The van der Waals surface area contributed by atoms with Crippen LogP contribution in [0.1, 0.15) is 39.9 Å². The lowest BCUT2D eigenvalue weighted by molar-refractivity contribution is 0.439. The molecule has 1 aromatic rings. The van der Waals surface area contributed by atoms with Gasteiger partial charge in [0.2, 0.25) is 0 Å². The van der Waals surface area contributed by atoms with Gasteiger partial charge in [-0.2, -0.15) is 5.10 Å². The number of hydrogen-bond donors (Lipinski definition) is 1. The molecule has 4 heteroatoms. The zero-order valence-electron chi connectivity index (χ0n) is 10.8. The summed E-state index contributed by atoms with van der Waals surface area (Å²) in [6, 6.07) is 0.190. The standard InChI is InChI=1S/C12H24N4/c1-9(2)5-11(13)6-12-14-8-15-16(12)7-10(3)4/h8-11H,5-7,13H2,1-4H3. The summed E-state index contributed by atoms with van der Waals surface area (Å²) in [4.78, 5) is 4.29. The van der Waals surface area contributed by atoms with E-state index in [0.717, 1.165) is 25.2 Å². The van der Waals surface area contributed by atoms with Crippen molar-refractivity contribution in [3.05, 3.63) is 12.2 Å². The van der Waals surface area contributed by atoms with Gasteiger partial charge in [-0.1, -0.05) is 27.7 Å². The van der Waals surface area contributed by atoms with Gasteiger partial charge in [-0.05, 0) is 18.3 Å². The maximum atomic E-state index is 6.08. The summed E-state index contributed by atoms with van der Waals surface area (Å²) in [6.07, 6.45) is 3.49. The molecule has 0 bridgehead atoms. The van der Waals surface area contributed by atoms with Crippen molar-refractivity contribution in [2.75, 3.05) is 0 Å². The molecule has 0 aliphatic carbocycles. The van der Waals surface area contributed by atoms with Crippen LogP contribution in [0.5, 0.6) is 0 Å². The number of nitrogens with zero attached hydrogens (tertiary/aromatic N) is 3. The minimum atomic E-state index is 0.190. The molecule has 1 heterocycles. The molecule has 0 amide bonds. The quantitative estimate of drug-likeness (QED) is 0.802. The number of hydrogen-bond acceptors (Lipinski definition) is 3. The number of aromatic nitrogens is 3. The fraction of sp³-hybridized carbons (Fsp3) is 0.833. The largest absolute Gasteiger partial charge is 0.327 e. The van der Waals surface area contributed by atoms with E-state index in [4.69, 9.17) is 5.73 Å². The highest BCUT2D eigenvalue weighted by Crippen LogP contribution is 2.08. The van der Waals surface area contributed by atoms with E-state index in [1.165, 1.54) is 0 Å². The van der Waals surface area contributed by atoms with Gasteiger partial charge >= 0.3 is 0 Å². The van der Waals surface area contributed by atoms with E-state index >= 15 is 0 Å². The van der Waals surface area contributed by atoms with Crippen molar-refractivity contribution in [1.29, 1.82) is 0 Å². The van der Waals surface area contributed by atoms with Crippen molar-refractivity contribution in [3.8, 4) is 0 Å². The van der Waals surface area contributed by atoms with E-state index in [9.17, 15) is 0 Å². The van der Waals surface area contributed by atoms with Gasteiger partial charge in [0.15, 0.2) is 0 Å². The van der Waals surface area contributed by atoms with Crippen LogP contribution < -0.4 is 5.73 Å². The van der Waals surface area contributed by atoms with Crippen molar-refractivity contribution >= 4 is 0 Å². The minimum absolute atomic E-state index is 0.190. The maximum Gasteiger partial charge on any atom is 0.138 e. The molecule has 1 rings (SSSR count). The predicted molar refractivity (Wildman–Crippen MR) is 66.0 cm³/mol. The van der Waals surface area contributed by atoms with Gasteiger partial charge in [-0.25, -0.2) is 9.67 Å². The molecule has 0 radical (unpaired) electrons. The molecule has 92 valence electrons. The Morgan fingerprint density at radius 1 is 1.25 bits per heavy atom. The second kappa shape index (κ2) is 5.99. The van der Waals surface area contributed by atoms with Crippen LogP contribution in [-0.2, 0) is 13.0 Å². The van der Waals surface area contributed by atoms with Gasteiger partial charge in [-0.3, -0.25) is 0 Å². The second-order valence-electron chi connectivity index (χ2n) is 5.35. The van der Waals surface area contributed by atoms with Crippen LogP contribution in [-0.4, -0.2) is 20.8 Å². The summed E-state index contributed by atoms with van der Waals surface area (Å²) < 4.78 is 1.98. The molecular formula is C12H24N4. The topological polar surface area (TPSA) is 56.7 Å². The molecule has 0 aromatic carbocycles. The third-order valence-electron chi connectivity index (χ3n) is 2.45. The zero-order chi connectivity index (χ0) is 12.1. The number of rotatable bonds is 6. The van der Waals surface area contributed by atoms with Crippen molar-refractivity contribution in [3.63, 3.8) is 0 Å². The molecule has 16 heavy (non-hydrogen) atoms. The molecule has 0 fully saturated rings. The lowest BCUT2D eigenvalue weighted by Gasteiger charge is -2.14. The first-order chi connectivity index (χ1) is 7.49. The SMILES string of the molecule is CC(C)CC(N)Cc1ncnn1CC(C)C. The Morgan fingerprint density at radius 3 is 2.50 bits per heavy atom. The van der Waals surface area contributed by atoms with Crippen molar-refractivity contribution in [2.45, 2.75) is 53.1 Å². The lowest BCUT2D eigenvalue weighted by atomic mass is 10.0. The van der Waals surface area contributed by atoms with Crippen LogP contribution in [0.2, 0.25) is 0 Å². The van der Waals surface area contributed by atoms with E-state index in [2.05, 4.69) is 37.8 Å². The molecule has 1 aromatic heterocycles. The molecule has 2 N–H and O–H groups in total. The molecule has 0 saturated carbocycles. The van der Waals surface area contributed by atoms with Crippen LogP contribution in [0.25, 0.3) is 0 Å². The first kappa shape index (κ1) is 13.2. The third kappa shape index (κ3) is 4.31. The van der Waals surface area contributed by atoms with Crippen LogP contribution in [0, 0.1) is 11.8 Å². The molecule has 0 aliphatic rings. The molecule has 0 aliphatic heterocycles. The van der Waals surface area contributed by atoms with E-state index in [0.29, 0.717) is 11.8 Å². The van der Waals surface area contributed by atoms with Gasteiger partial charge in [0.25, 0.3) is 0 Å². The van der Waals surface area contributed by atoms with Crippen molar-refractivity contribution in [2.24, 2.45) is 17.6 Å². The monoisotopic (exact) mass is 224 g/mol. The maximum absolute atomic E-state index is 6.08. The summed E-state index contributed by atoms with van der Waals surface area (Å²) in [5, 5.41) is 4.24. The molecular weight excluding hydrogens is 200 g/mol. The Hall–Kier alpha value is -0.900. The predicted octanol–water partition coefficient (Wildman–Crippen LogP) is 1.85. The normalized spacial score (nSPS) is 13.7. The molecule has 0 spiro atoms. The molecule has 0 saturated heterocycles. The fourth-order valence-electron chi connectivity index (χ4n) is 1.87. The first-order valence-corrected chi connectivity index (χ1v) is 6.11. The van der Waals surface area contributed by atoms with Crippen molar-refractivity contribution in [1.82, 2.24) is 14.8 Å². The summed E-state index contributed by atoms with van der Waals surface area (Å²) in [5.74, 6) is 2.24. The smallest absolute Gasteiger partial charge is 0.138 e.